The van der Waals surface area contributed by atoms with E-state index in [0.717, 1.165) is 38.3 Å². The van der Waals surface area contributed by atoms with Gasteiger partial charge in [0.1, 0.15) is 5.75 Å². The molecule has 2 aliphatic carbocycles. The van der Waals surface area contributed by atoms with Crippen LogP contribution in [0, 0.1) is 11.3 Å². The minimum absolute atomic E-state index is 0.0105. The highest BCUT2D eigenvalue weighted by Crippen LogP contribution is 2.63. The number of aromatic nitrogens is 2. The van der Waals surface area contributed by atoms with Crippen molar-refractivity contribution < 1.29 is 27.5 Å². The molecule has 0 radical (unpaired) electrons. The molecule has 4 rings (SSSR count). The van der Waals surface area contributed by atoms with Crippen molar-refractivity contribution in [3.63, 3.8) is 0 Å². The lowest BCUT2D eigenvalue weighted by Crippen LogP contribution is -2.43. The molecule has 2 amide bonds. The first kappa shape index (κ1) is 27.7. The quantitative estimate of drug-likeness (QED) is 0.418. The van der Waals surface area contributed by atoms with Crippen molar-refractivity contribution in [2.75, 3.05) is 19.0 Å². The normalized spacial score (nSPS) is 22.6. The summed E-state index contributed by atoms with van der Waals surface area (Å²) in [4.78, 5) is 32.0. The molecule has 3 atom stereocenters. The van der Waals surface area contributed by atoms with Gasteiger partial charge >= 0.3 is 6.18 Å². The van der Waals surface area contributed by atoms with E-state index in [2.05, 4.69) is 25.9 Å². The number of carbonyl (C=O) groups excluding carboxylic acids is 2. The van der Waals surface area contributed by atoms with Crippen molar-refractivity contribution in [3.8, 4) is 5.75 Å². The molecule has 0 saturated heterocycles. The third-order valence-electron chi connectivity index (χ3n) is 7.69. The topological polar surface area (TPSA) is 105 Å². The van der Waals surface area contributed by atoms with E-state index in [1.165, 1.54) is 14.0 Å². The molecule has 2 fully saturated rings. The van der Waals surface area contributed by atoms with E-state index in [1.54, 1.807) is 18.2 Å². The smallest absolute Gasteiger partial charge is 0.419 e. The molecule has 1 aromatic carbocycles. The van der Waals surface area contributed by atoms with Crippen LogP contribution in [0.4, 0.5) is 24.8 Å². The van der Waals surface area contributed by atoms with Crippen LogP contribution in [0.25, 0.3) is 0 Å². The lowest BCUT2D eigenvalue weighted by molar-refractivity contribution is -0.138. The number of carbonyl (C=O) groups is 2. The van der Waals surface area contributed by atoms with Gasteiger partial charge in [-0.1, -0.05) is 12.8 Å². The second-order valence-corrected chi connectivity index (χ2v) is 10.1. The van der Waals surface area contributed by atoms with Crippen LogP contribution in [0.2, 0.25) is 0 Å². The Morgan fingerprint density at radius 1 is 1.24 bits per heavy atom. The number of hydrogen-bond acceptors (Lipinski definition) is 6. The summed E-state index contributed by atoms with van der Waals surface area (Å²) in [7, 11) is 1.44. The number of methoxy groups -OCH3 is 1. The van der Waals surface area contributed by atoms with E-state index in [4.69, 9.17) is 4.74 Å². The van der Waals surface area contributed by atoms with E-state index in [1.807, 2.05) is 6.92 Å². The van der Waals surface area contributed by atoms with Crippen molar-refractivity contribution in [3.05, 3.63) is 41.2 Å². The molecule has 0 unspecified atom stereocenters. The number of hydrogen-bond donors (Lipinski definition) is 3. The molecule has 1 aromatic heterocycles. The fourth-order valence-corrected chi connectivity index (χ4v) is 5.78. The molecule has 8 nitrogen and oxygen atoms in total. The molecule has 1 spiro atoms. The Morgan fingerprint density at radius 3 is 2.71 bits per heavy atom. The van der Waals surface area contributed by atoms with Gasteiger partial charge in [-0.2, -0.15) is 13.2 Å². The van der Waals surface area contributed by atoms with E-state index in [-0.39, 0.29) is 47.3 Å². The Balaban J connectivity index is 1.52. The van der Waals surface area contributed by atoms with Crippen molar-refractivity contribution >= 4 is 23.5 Å². The maximum absolute atomic E-state index is 13.8. The Morgan fingerprint density at radius 2 is 2.03 bits per heavy atom. The van der Waals surface area contributed by atoms with Gasteiger partial charge in [-0.3, -0.25) is 9.59 Å². The zero-order valence-electron chi connectivity index (χ0n) is 21.9. The van der Waals surface area contributed by atoms with Crippen LogP contribution in [0.15, 0.2) is 24.4 Å². The highest BCUT2D eigenvalue weighted by atomic mass is 19.4. The maximum Gasteiger partial charge on any atom is 0.419 e. The van der Waals surface area contributed by atoms with Gasteiger partial charge in [0.2, 0.25) is 11.9 Å². The second-order valence-electron chi connectivity index (χ2n) is 10.1. The zero-order chi connectivity index (χ0) is 27.5. The number of nitrogens with one attached hydrogen (secondary N) is 3. The van der Waals surface area contributed by atoms with Gasteiger partial charge < -0.3 is 20.7 Å². The number of nitrogens with zero attached hydrogens (tertiary/aromatic N) is 2. The van der Waals surface area contributed by atoms with Gasteiger partial charge in [0.25, 0.3) is 5.91 Å². The summed E-state index contributed by atoms with van der Waals surface area (Å²) in [6.07, 6.45) is 1.86. The highest BCUT2D eigenvalue weighted by Gasteiger charge is 2.58. The molecule has 1 heterocycles. The van der Waals surface area contributed by atoms with E-state index < -0.39 is 11.7 Å². The van der Waals surface area contributed by atoms with Crippen LogP contribution in [0.1, 0.15) is 74.0 Å². The predicted octanol–water partition coefficient (Wildman–Crippen LogP) is 5.01. The summed E-state index contributed by atoms with van der Waals surface area (Å²) in [6, 6.07) is 4.81. The van der Waals surface area contributed by atoms with Crippen LogP contribution >= 0.6 is 0 Å². The van der Waals surface area contributed by atoms with Crippen LogP contribution in [0.5, 0.6) is 5.75 Å². The minimum atomic E-state index is -4.58. The summed E-state index contributed by atoms with van der Waals surface area (Å²) < 4.78 is 46.8. The molecule has 2 aromatic rings. The maximum atomic E-state index is 13.8. The molecule has 11 heteroatoms. The van der Waals surface area contributed by atoms with Crippen LogP contribution in [-0.2, 0) is 17.4 Å². The number of ether oxygens (including phenoxy) is 1. The Bertz CT molecular complexity index is 1190. The second kappa shape index (κ2) is 11.2. The van der Waals surface area contributed by atoms with Gasteiger partial charge in [0.15, 0.2) is 0 Å². The van der Waals surface area contributed by atoms with Crippen molar-refractivity contribution in [2.45, 2.75) is 71.0 Å². The minimum Gasteiger partial charge on any atom is -0.495 e. The summed E-state index contributed by atoms with van der Waals surface area (Å²) in [5.74, 6) is 0.259. The largest absolute Gasteiger partial charge is 0.495 e. The average Bonchev–Trinajstić information content (AvgIpc) is 3.56. The Labute approximate surface area is 220 Å². The fraction of sp³-hybridized carbons (Fsp3) is 0.556. The average molecular weight is 534 g/mol. The number of amides is 2. The molecule has 3 N–H and O–H groups in total. The summed E-state index contributed by atoms with van der Waals surface area (Å²) >= 11 is 0. The van der Waals surface area contributed by atoms with Crippen molar-refractivity contribution in [2.24, 2.45) is 11.3 Å². The SMILES string of the molecule is CCNC(=O)c1ccc(Nc2ncc(C(F)(F)F)c(CC[C@@H]3C[C@@]34CCCC[C@H]4NC(C)=O)n2)c(OC)c1. The standard InChI is InChI=1S/C27H34F3N5O3/c1-4-31-24(37)17-8-10-21(22(13-17)38-3)35-25-32-15-19(27(28,29)30)20(34-25)11-9-18-14-26(18)12-6-5-7-23(26)33-16(2)36/h8,10,13,15,18,23H,4-7,9,11-12,14H2,1-3H3,(H,31,37)(H,33,36)(H,32,34,35)/t18-,23-,26+/m1/s1. The lowest BCUT2D eigenvalue weighted by atomic mass is 9.79. The first-order chi connectivity index (χ1) is 18.1. The van der Waals surface area contributed by atoms with Crippen LogP contribution < -0.4 is 20.7 Å². The van der Waals surface area contributed by atoms with Gasteiger partial charge in [-0.05, 0) is 68.6 Å². The summed E-state index contributed by atoms with van der Waals surface area (Å²) in [6.45, 7) is 3.79. The van der Waals surface area contributed by atoms with Crippen LogP contribution in [0.3, 0.4) is 0 Å². The summed E-state index contributed by atoms with van der Waals surface area (Å²) in [5, 5.41) is 8.71. The molecule has 38 heavy (non-hydrogen) atoms. The third-order valence-corrected chi connectivity index (χ3v) is 7.69. The Kier molecular flexibility index (Phi) is 8.13. The van der Waals surface area contributed by atoms with Gasteiger partial charge in [-0.25, -0.2) is 9.97 Å². The number of halogens is 3. The zero-order valence-corrected chi connectivity index (χ0v) is 21.9. The molecule has 2 saturated carbocycles. The number of alkyl halides is 3. The van der Waals surface area contributed by atoms with Crippen molar-refractivity contribution in [1.82, 2.24) is 20.6 Å². The predicted molar refractivity (Wildman–Crippen MR) is 136 cm³/mol. The van der Waals surface area contributed by atoms with Crippen molar-refractivity contribution in [1.29, 1.82) is 0 Å². The third kappa shape index (κ3) is 6.02. The van der Waals surface area contributed by atoms with Gasteiger partial charge in [-0.15, -0.1) is 0 Å². The van der Waals surface area contributed by atoms with Crippen LogP contribution in [-0.4, -0.2) is 41.5 Å². The molecular weight excluding hydrogens is 499 g/mol. The fourth-order valence-electron chi connectivity index (χ4n) is 5.78. The number of rotatable bonds is 9. The van der Waals surface area contributed by atoms with Gasteiger partial charge in [0.05, 0.1) is 24.1 Å². The molecule has 0 aliphatic heterocycles. The van der Waals surface area contributed by atoms with E-state index in [9.17, 15) is 22.8 Å². The molecule has 0 bridgehead atoms. The molecule has 206 valence electrons. The van der Waals surface area contributed by atoms with E-state index in [0.29, 0.717) is 30.0 Å². The molecule has 2 aliphatic rings. The monoisotopic (exact) mass is 533 g/mol. The van der Waals surface area contributed by atoms with E-state index >= 15 is 0 Å². The lowest BCUT2D eigenvalue weighted by Gasteiger charge is -2.33. The molecular formula is C27H34F3N5O3. The first-order valence-electron chi connectivity index (χ1n) is 13.0. The summed E-state index contributed by atoms with van der Waals surface area (Å²) in [5.41, 5.74) is -0.120. The number of aryl methyl sites for hydroxylation is 1. The number of benzene rings is 1. The number of anilines is 2. The first-order valence-corrected chi connectivity index (χ1v) is 13.0. The van der Waals surface area contributed by atoms with Gasteiger partial charge in [0, 0.05) is 31.3 Å². The highest BCUT2D eigenvalue weighted by molar-refractivity contribution is 5.95. The Hall–Kier alpha value is -3.37.